The second kappa shape index (κ2) is 8.51. The molecule has 0 spiro atoms. The first-order chi connectivity index (χ1) is 10.3. The monoisotopic (exact) mass is 317 g/mol. The first-order valence-electron chi connectivity index (χ1n) is 6.93. The highest BCUT2D eigenvalue weighted by atomic mass is 19.2. The summed E-state index contributed by atoms with van der Waals surface area (Å²) >= 11 is 0. The normalized spacial score (nSPS) is 12.5. The molecule has 0 saturated carbocycles. The minimum atomic E-state index is -1.72. The van der Waals surface area contributed by atoms with Crippen LogP contribution in [0.25, 0.3) is 0 Å². The Morgan fingerprint density at radius 3 is 2.32 bits per heavy atom. The van der Waals surface area contributed by atoms with Crippen molar-refractivity contribution in [3.63, 3.8) is 0 Å². The van der Waals surface area contributed by atoms with Crippen molar-refractivity contribution in [3.05, 3.63) is 35.2 Å². The van der Waals surface area contributed by atoms with E-state index in [4.69, 9.17) is 0 Å². The van der Waals surface area contributed by atoms with Crippen LogP contribution in [0.4, 0.5) is 23.2 Å². The number of nitrogens with zero attached hydrogens (tertiary/aromatic N) is 2. The van der Waals surface area contributed by atoms with Crippen molar-refractivity contribution in [2.24, 2.45) is 11.0 Å². The van der Waals surface area contributed by atoms with Gasteiger partial charge < -0.3 is 0 Å². The van der Waals surface area contributed by atoms with E-state index in [0.717, 1.165) is 12.8 Å². The number of hydrogen-bond acceptors (Lipinski definition) is 3. The number of aromatic nitrogens is 1. The predicted molar refractivity (Wildman–Crippen MR) is 78.6 cm³/mol. The van der Waals surface area contributed by atoms with Crippen LogP contribution >= 0.6 is 0 Å². The zero-order valence-corrected chi connectivity index (χ0v) is 12.8. The van der Waals surface area contributed by atoms with Crippen LogP contribution in [0.5, 0.6) is 0 Å². The van der Waals surface area contributed by atoms with Crippen LogP contribution in [0.3, 0.4) is 0 Å². The van der Waals surface area contributed by atoms with Crippen LogP contribution in [0.15, 0.2) is 16.8 Å². The summed E-state index contributed by atoms with van der Waals surface area (Å²) in [6.45, 7) is 6.05. The molecule has 1 rings (SSSR count). The van der Waals surface area contributed by atoms with Crippen LogP contribution in [-0.4, -0.2) is 11.2 Å². The lowest BCUT2D eigenvalue weighted by molar-refractivity contribution is 0.411. The minimum Gasteiger partial charge on any atom is -0.273 e. The van der Waals surface area contributed by atoms with Crippen LogP contribution < -0.4 is 5.43 Å². The van der Waals surface area contributed by atoms with Crippen molar-refractivity contribution in [2.45, 2.75) is 40.0 Å². The number of nitrogens with one attached hydrogen (secondary N) is 1. The summed E-state index contributed by atoms with van der Waals surface area (Å²) in [6.07, 6.45) is 6.00. The molecular formula is C15H19F4N3. The molecule has 0 fully saturated rings. The zero-order chi connectivity index (χ0) is 16.7. The second-order valence-corrected chi connectivity index (χ2v) is 5.32. The smallest absolute Gasteiger partial charge is 0.254 e. The molecule has 0 bridgehead atoms. The molecule has 0 unspecified atom stereocenters. The molecule has 0 aliphatic heterocycles. The van der Waals surface area contributed by atoms with Gasteiger partial charge in [0.15, 0.2) is 0 Å². The number of halogens is 4. The Labute approximate surface area is 127 Å². The molecule has 0 aromatic carbocycles. The quantitative estimate of drug-likeness (QED) is 0.258. The van der Waals surface area contributed by atoms with Crippen molar-refractivity contribution < 1.29 is 17.6 Å². The van der Waals surface area contributed by atoms with Gasteiger partial charge >= 0.3 is 0 Å². The summed E-state index contributed by atoms with van der Waals surface area (Å²) in [4.78, 5) is 2.46. The van der Waals surface area contributed by atoms with Gasteiger partial charge in [-0.25, -0.2) is 0 Å². The maximum absolute atomic E-state index is 13.3. The van der Waals surface area contributed by atoms with Gasteiger partial charge in [0, 0.05) is 6.21 Å². The topological polar surface area (TPSA) is 37.3 Å². The molecule has 0 amide bonds. The van der Waals surface area contributed by atoms with Gasteiger partial charge in [-0.15, -0.1) is 0 Å². The molecule has 1 heterocycles. The lowest BCUT2D eigenvalue weighted by Crippen LogP contribution is -2.06. The van der Waals surface area contributed by atoms with Crippen molar-refractivity contribution >= 4 is 11.9 Å². The van der Waals surface area contributed by atoms with Gasteiger partial charge in [-0.2, -0.15) is 27.6 Å². The van der Waals surface area contributed by atoms with Gasteiger partial charge in [0.05, 0.1) is 0 Å². The Bertz CT molecular complexity index is 540. The van der Waals surface area contributed by atoms with Crippen molar-refractivity contribution in [1.82, 2.24) is 4.98 Å². The van der Waals surface area contributed by atoms with E-state index in [-0.39, 0.29) is 0 Å². The molecule has 0 aliphatic carbocycles. The van der Waals surface area contributed by atoms with Gasteiger partial charge in [-0.3, -0.25) is 5.43 Å². The third kappa shape index (κ3) is 5.46. The zero-order valence-electron chi connectivity index (χ0n) is 12.8. The van der Waals surface area contributed by atoms with E-state index < -0.39 is 29.2 Å². The van der Waals surface area contributed by atoms with Gasteiger partial charge in [-0.1, -0.05) is 18.6 Å². The van der Waals surface area contributed by atoms with E-state index in [1.54, 1.807) is 0 Å². The molecule has 1 N–H and O–H groups in total. The fourth-order valence-electron chi connectivity index (χ4n) is 1.70. The Hall–Kier alpha value is -1.92. The highest BCUT2D eigenvalue weighted by molar-refractivity contribution is 5.60. The lowest BCUT2D eigenvalue weighted by Gasteiger charge is -2.07. The van der Waals surface area contributed by atoms with E-state index in [9.17, 15) is 17.6 Å². The molecule has 7 heteroatoms. The molecular weight excluding hydrogens is 298 g/mol. The lowest BCUT2D eigenvalue weighted by atomic mass is 10.0. The maximum atomic E-state index is 13.3. The van der Waals surface area contributed by atoms with Crippen molar-refractivity contribution in [3.8, 4) is 0 Å². The highest BCUT2D eigenvalue weighted by Crippen LogP contribution is 2.21. The molecule has 22 heavy (non-hydrogen) atoms. The van der Waals surface area contributed by atoms with Gasteiger partial charge in [-0.05, 0) is 39.0 Å². The molecule has 122 valence electrons. The fraction of sp³-hybridized carbons (Fsp3) is 0.467. The van der Waals surface area contributed by atoms with E-state index in [1.807, 2.05) is 26.2 Å². The summed E-state index contributed by atoms with van der Waals surface area (Å²) in [5.74, 6) is -6.32. The number of anilines is 1. The molecule has 0 radical (unpaired) electrons. The summed E-state index contributed by atoms with van der Waals surface area (Å²) in [7, 11) is 0. The Morgan fingerprint density at radius 1 is 1.18 bits per heavy atom. The predicted octanol–water partition coefficient (Wildman–Crippen LogP) is 4.81. The van der Waals surface area contributed by atoms with Crippen molar-refractivity contribution in [2.75, 3.05) is 5.43 Å². The summed E-state index contributed by atoms with van der Waals surface area (Å²) in [5.41, 5.74) is 2.24. The number of hydrazone groups is 1. The maximum Gasteiger partial charge on any atom is 0.254 e. The Balaban J connectivity index is 2.55. The van der Waals surface area contributed by atoms with E-state index in [1.165, 1.54) is 11.8 Å². The van der Waals surface area contributed by atoms with Crippen LogP contribution in [0.1, 0.15) is 40.0 Å². The second-order valence-electron chi connectivity index (χ2n) is 5.32. The molecule has 0 aliphatic rings. The molecule has 1 aromatic heterocycles. The molecule has 1 aromatic rings. The number of hydrogen-bond donors (Lipinski definition) is 1. The largest absolute Gasteiger partial charge is 0.273 e. The Morgan fingerprint density at radius 2 is 1.77 bits per heavy atom. The standard InChI is InChI=1S/C15H19F4N3/c1-9(2)5-4-6-10(3)7-8-20-22-13-11(16)14(18)21-15(19)12(13)17/h5,8,10H,4,6-7H2,1-3H3,(H,21,22)/b20-8-/t10-/m1/s1. The summed E-state index contributed by atoms with van der Waals surface area (Å²) < 4.78 is 52.3. The number of allylic oxidation sites excluding steroid dienone is 2. The minimum absolute atomic E-state index is 0.321. The number of pyridine rings is 1. The number of rotatable bonds is 7. The fourth-order valence-corrected chi connectivity index (χ4v) is 1.70. The van der Waals surface area contributed by atoms with Crippen LogP contribution in [0, 0.1) is 29.4 Å². The highest BCUT2D eigenvalue weighted by Gasteiger charge is 2.20. The van der Waals surface area contributed by atoms with Crippen LogP contribution in [0.2, 0.25) is 0 Å². The third-order valence-corrected chi connectivity index (χ3v) is 2.99. The van der Waals surface area contributed by atoms with Crippen molar-refractivity contribution in [1.29, 1.82) is 0 Å². The van der Waals surface area contributed by atoms with E-state index in [0.29, 0.717) is 12.3 Å². The van der Waals surface area contributed by atoms with Gasteiger partial charge in [0.2, 0.25) is 11.6 Å². The Kier molecular flexibility index (Phi) is 7.01. The average molecular weight is 317 g/mol. The third-order valence-electron chi connectivity index (χ3n) is 2.99. The summed E-state index contributed by atoms with van der Waals surface area (Å²) in [6, 6.07) is 0. The summed E-state index contributed by atoms with van der Waals surface area (Å²) in [5, 5.41) is 3.60. The first kappa shape index (κ1) is 18.1. The van der Waals surface area contributed by atoms with Crippen LogP contribution in [-0.2, 0) is 0 Å². The SMILES string of the molecule is CC(C)=CCC[C@@H](C)C/C=N\Nc1c(F)c(F)nc(F)c1F. The van der Waals surface area contributed by atoms with E-state index in [2.05, 4.69) is 16.2 Å². The first-order valence-corrected chi connectivity index (χ1v) is 6.93. The van der Waals surface area contributed by atoms with Gasteiger partial charge in [0.25, 0.3) is 11.9 Å². The molecule has 0 saturated heterocycles. The molecule has 3 nitrogen and oxygen atoms in total. The van der Waals surface area contributed by atoms with E-state index >= 15 is 0 Å². The van der Waals surface area contributed by atoms with Gasteiger partial charge in [0.1, 0.15) is 5.69 Å². The average Bonchev–Trinajstić information content (AvgIpc) is 2.44. The molecule has 1 atom stereocenters.